The van der Waals surface area contributed by atoms with E-state index in [1.807, 2.05) is 0 Å². The molecule has 18 heavy (non-hydrogen) atoms. The molecule has 0 saturated carbocycles. The number of ether oxygens (including phenoxy) is 1. The van der Waals surface area contributed by atoms with Gasteiger partial charge in [0, 0.05) is 18.0 Å². The van der Waals surface area contributed by atoms with Crippen molar-refractivity contribution < 1.29 is 27.5 Å². The zero-order chi connectivity index (χ0) is 13.9. The predicted molar refractivity (Wildman–Crippen MR) is 56.0 cm³/mol. The van der Waals surface area contributed by atoms with Crippen molar-refractivity contribution in [3.63, 3.8) is 0 Å². The van der Waals surface area contributed by atoms with Crippen LogP contribution in [-0.2, 0) is 16.1 Å². The van der Waals surface area contributed by atoms with Crippen molar-refractivity contribution in [2.75, 3.05) is 0 Å². The van der Waals surface area contributed by atoms with Gasteiger partial charge in [0.25, 0.3) is 5.78 Å². The maximum absolute atomic E-state index is 12.1. The van der Waals surface area contributed by atoms with Crippen molar-refractivity contribution in [1.82, 2.24) is 4.57 Å². The van der Waals surface area contributed by atoms with Gasteiger partial charge in [-0.15, -0.1) is 0 Å². The third kappa shape index (κ3) is 3.90. The molecule has 7 heteroatoms. The number of rotatable bonds is 4. The number of carbonyl (C=O) groups excluding carboxylic acids is 2. The van der Waals surface area contributed by atoms with Crippen LogP contribution in [0.2, 0.25) is 0 Å². The van der Waals surface area contributed by atoms with Crippen molar-refractivity contribution in [2.45, 2.75) is 32.7 Å². The van der Waals surface area contributed by atoms with Crippen molar-refractivity contribution in [2.24, 2.45) is 0 Å². The van der Waals surface area contributed by atoms with Gasteiger partial charge < -0.3 is 9.30 Å². The minimum absolute atomic E-state index is 0.233. The molecule has 0 radical (unpaired) electrons. The maximum atomic E-state index is 12.1. The fraction of sp³-hybridized carbons (Fsp3) is 0.455. The van der Waals surface area contributed by atoms with Gasteiger partial charge in [-0.2, -0.15) is 13.2 Å². The molecule has 0 saturated heterocycles. The fourth-order valence-electron chi connectivity index (χ4n) is 1.29. The van der Waals surface area contributed by atoms with E-state index in [-0.39, 0.29) is 12.6 Å². The van der Waals surface area contributed by atoms with Crippen molar-refractivity contribution >= 4 is 11.8 Å². The van der Waals surface area contributed by atoms with Gasteiger partial charge in [0.15, 0.2) is 0 Å². The Morgan fingerprint density at radius 2 is 2.00 bits per heavy atom. The number of esters is 1. The first-order valence-electron chi connectivity index (χ1n) is 5.17. The zero-order valence-corrected chi connectivity index (χ0v) is 9.82. The Morgan fingerprint density at radius 3 is 2.50 bits per heavy atom. The summed E-state index contributed by atoms with van der Waals surface area (Å²) < 4.78 is 42.4. The second-order valence-corrected chi connectivity index (χ2v) is 3.94. The van der Waals surface area contributed by atoms with Crippen molar-refractivity contribution in [3.05, 3.63) is 24.0 Å². The SMILES string of the molecule is CC(C)OC(=O)Cn1ccc(C(=O)C(F)(F)F)c1. The Hall–Kier alpha value is -1.79. The normalized spacial score (nSPS) is 11.7. The molecule has 1 heterocycles. The lowest BCUT2D eigenvalue weighted by Crippen LogP contribution is -2.22. The molecule has 0 unspecified atom stereocenters. The molecule has 4 nitrogen and oxygen atoms in total. The van der Waals surface area contributed by atoms with E-state index >= 15 is 0 Å². The van der Waals surface area contributed by atoms with Crippen LogP contribution in [0.3, 0.4) is 0 Å². The number of aromatic nitrogens is 1. The van der Waals surface area contributed by atoms with Crippen LogP contribution in [0.5, 0.6) is 0 Å². The molecule has 0 aliphatic carbocycles. The third-order valence-electron chi connectivity index (χ3n) is 1.95. The second-order valence-electron chi connectivity index (χ2n) is 3.94. The Bertz CT molecular complexity index is 449. The van der Waals surface area contributed by atoms with Crippen LogP contribution in [0.15, 0.2) is 18.5 Å². The van der Waals surface area contributed by atoms with Gasteiger partial charge in [-0.1, -0.05) is 0 Å². The number of nitrogens with zero attached hydrogens (tertiary/aromatic N) is 1. The second kappa shape index (κ2) is 5.24. The molecular formula is C11H12F3NO3. The molecule has 0 amide bonds. The molecule has 0 bridgehead atoms. The number of hydrogen-bond acceptors (Lipinski definition) is 3. The highest BCUT2D eigenvalue weighted by Gasteiger charge is 2.39. The summed E-state index contributed by atoms with van der Waals surface area (Å²) in [6.45, 7) is 3.08. The van der Waals surface area contributed by atoms with E-state index in [0.717, 1.165) is 12.3 Å². The molecule has 0 aliphatic rings. The minimum atomic E-state index is -4.91. The summed E-state index contributed by atoms with van der Waals surface area (Å²) in [7, 11) is 0. The summed E-state index contributed by atoms with van der Waals surface area (Å²) >= 11 is 0. The first-order chi connectivity index (χ1) is 8.20. The average Bonchev–Trinajstić information content (AvgIpc) is 2.61. The highest BCUT2D eigenvalue weighted by Crippen LogP contribution is 2.21. The van der Waals surface area contributed by atoms with Crippen LogP contribution in [0.4, 0.5) is 13.2 Å². The van der Waals surface area contributed by atoms with Crippen LogP contribution in [0.1, 0.15) is 24.2 Å². The van der Waals surface area contributed by atoms with Crippen LogP contribution >= 0.6 is 0 Å². The first-order valence-corrected chi connectivity index (χ1v) is 5.17. The van der Waals surface area contributed by atoms with E-state index in [9.17, 15) is 22.8 Å². The first kappa shape index (κ1) is 14.3. The van der Waals surface area contributed by atoms with Crippen LogP contribution < -0.4 is 0 Å². The number of ketones is 1. The van der Waals surface area contributed by atoms with Gasteiger partial charge >= 0.3 is 12.1 Å². The maximum Gasteiger partial charge on any atom is 0.454 e. The molecule has 0 aliphatic heterocycles. The zero-order valence-electron chi connectivity index (χ0n) is 9.82. The molecular weight excluding hydrogens is 251 g/mol. The molecule has 1 rings (SSSR count). The van der Waals surface area contributed by atoms with E-state index in [0.29, 0.717) is 0 Å². The van der Waals surface area contributed by atoms with Crippen LogP contribution in [0.25, 0.3) is 0 Å². The fourth-order valence-corrected chi connectivity index (χ4v) is 1.29. The number of halogens is 3. The lowest BCUT2D eigenvalue weighted by atomic mass is 10.2. The molecule has 0 N–H and O–H groups in total. The quantitative estimate of drug-likeness (QED) is 0.618. The highest BCUT2D eigenvalue weighted by atomic mass is 19.4. The van der Waals surface area contributed by atoms with Crippen molar-refractivity contribution in [1.29, 1.82) is 0 Å². The molecule has 0 aromatic carbocycles. The standard InChI is InChI=1S/C11H12F3NO3/c1-7(2)18-9(16)6-15-4-3-8(5-15)10(17)11(12,13)14/h3-5,7H,6H2,1-2H3. The number of alkyl halides is 3. The molecule has 0 atom stereocenters. The summed E-state index contributed by atoms with van der Waals surface area (Å²) in [6, 6.07) is 1.01. The van der Waals surface area contributed by atoms with E-state index in [1.54, 1.807) is 13.8 Å². The summed E-state index contributed by atoms with van der Waals surface area (Å²) in [5.41, 5.74) is -0.500. The highest BCUT2D eigenvalue weighted by molar-refractivity contribution is 6.00. The Morgan fingerprint density at radius 1 is 1.39 bits per heavy atom. The molecule has 0 spiro atoms. The predicted octanol–water partition coefficient (Wildman–Crippen LogP) is 2.18. The summed E-state index contributed by atoms with van der Waals surface area (Å²) in [5, 5.41) is 0. The topological polar surface area (TPSA) is 48.3 Å². The van der Waals surface area contributed by atoms with Gasteiger partial charge in [-0.05, 0) is 19.9 Å². The molecule has 100 valence electrons. The van der Waals surface area contributed by atoms with Gasteiger partial charge in [0.1, 0.15) is 6.54 Å². The van der Waals surface area contributed by atoms with E-state index < -0.39 is 23.5 Å². The smallest absolute Gasteiger partial charge is 0.454 e. The van der Waals surface area contributed by atoms with E-state index in [1.165, 1.54) is 10.8 Å². The lowest BCUT2D eigenvalue weighted by Gasteiger charge is -2.08. The van der Waals surface area contributed by atoms with Crippen LogP contribution in [-0.4, -0.2) is 28.6 Å². The summed E-state index contributed by atoms with van der Waals surface area (Å²) in [4.78, 5) is 22.1. The Kier molecular flexibility index (Phi) is 4.15. The lowest BCUT2D eigenvalue weighted by molar-refractivity contribution is -0.148. The minimum Gasteiger partial charge on any atom is -0.462 e. The molecule has 1 aromatic heterocycles. The van der Waals surface area contributed by atoms with Gasteiger partial charge in [0.2, 0.25) is 0 Å². The number of Topliss-reactive ketones (excluding diaryl/α,β-unsaturated/α-hetero) is 1. The van der Waals surface area contributed by atoms with Gasteiger partial charge in [-0.3, -0.25) is 9.59 Å². The van der Waals surface area contributed by atoms with Crippen molar-refractivity contribution in [3.8, 4) is 0 Å². The third-order valence-corrected chi connectivity index (χ3v) is 1.95. The number of hydrogen-bond donors (Lipinski definition) is 0. The largest absolute Gasteiger partial charge is 0.462 e. The summed E-state index contributed by atoms with van der Waals surface area (Å²) in [5.74, 6) is -2.51. The Labute approximate surface area is 101 Å². The average molecular weight is 263 g/mol. The monoisotopic (exact) mass is 263 g/mol. The van der Waals surface area contributed by atoms with Gasteiger partial charge in [-0.25, -0.2) is 0 Å². The molecule has 1 aromatic rings. The van der Waals surface area contributed by atoms with Crippen LogP contribution in [0, 0.1) is 0 Å². The Balaban J connectivity index is 2.70. The van der Waals surface area contributed by atoms with E-state index in [2.05, 4.69) is 0 Å². The van der Waals surface area contributed by atoms with Gasteiger partial charge in [0.05, 0.1) is 6.10 Å². The number of carbonyl (C=O) groups is 2. The van der Waals surface area contributed by atoms with E-state index in [4.69, 9.17) is 4.74 Å². The molecule has 0 fully saturated rings. The summed E-state index contributed by atoms with van der Waals surface area (Å²) in [6.07, 6.45) is -3.02.